The van der Waals surface area contributed by atoms with Crippen LogP contribution in [0.5, 0.6) is 0 Å². The zero-order chi connectivity index (χ0) is 13.9. The maximum atomic E-state index is 9.60. The Hall–Kier alpha value is -1.51. The van der Waals surface area contributed by atoms with Crippen LogP contribution in [0.4, 0.5) is 5.69 Å². The quantitative estimate of drug-likeness (QED) is 0.903. The van der Waals surface area contributed by atoms with Gasteiger partial charge in [-0.05, 0) is 36.6 Å². The van der Waals surface area contributed by atoms with Gasteiger partial charge in [0.15, 0.2) is 0 Å². The maximum absolute atomic E-state index is 9.60. The first-order chi connectivity index (χ1) is 9.74. The fourth-order valence-corrected chi connectivity index (χ4v) is 2.93. The number of piperidine rings is 1. The van der Waals surface area contributed by atoms with Crippen molar-refractivity contribution in [3.8, 4) is 11.1 Å². The third kappa shape index (κ3) is 2.82. The standard InChI is InChI=1S/C17H18ClNO/c18-17-7-2-1-6-16(17)13-4-3-5-14(12-13)19-10-8-15(20)9-11-19/h1-7,12,15,20H,8-11H2. The number of aliphatic hydroxyl groups excluding tert-OH is 1. The molecule has 1 aliphatic rings. The van der Waals surface area contributed by atoms with Crippen LogP contribution < -0.4 is 4.90 Å². The van der Waals surface area contributed by atoms with E-state index in [1.165, 1.54) is 5.69 Å². The summed E-state index contributed by atoms with van der Waals surface area (Å²) in [6.07, 6.45) is 1.55. The molecule has 0 aliphatic carbocycles. The molecule has 3 rings (SSSR count). The SMILES string of the molecule is OC1CCN(c2cccc(-c3ccccc3Cl)c2)CC1. The van der Waals surface area contributed by atoms with Gasteiger partial charge in [0.05, 0.1) is 6.10 Å². The Bertz CT molecular complexity index is 591. The molecule has 0 amide bonds. The third-order valence-corrected chi connectivity index (χ3v) is 4.19. The Kier molecular flexibility index (Phi) is 3.95. The molecule has 20 heavy (non-hydrogen) atoms. The number of nitrogens with zero attached hydrogens (tertiary/aromatic N) is 1. The topological polar surface area (TPSA) is 23.5 Å². The van der Waals surface area contributed by atoms with E-state index in [0.29, 0.717) is 0 Å². The predicted molar refractivity (Wildman–Crippen MR) is 84.3 cm³/mol. The van der Waals surface area contributed by atoms with Crippen LogP contribution in [-0.2, 0) is 0 Å². The first-order valence-electron chi connectivity index (χ1n) is 7.02. The summed E-state index contributed by atoms with van der Waals surface area (Å²) < 4.78 is 0. The fourth-order valence-electron chi connectivity index (χ4n) is 2.69. The highest BCUT2D eigenvalue weighted by molar-refractivity contribution is 6.33. The lowest BCUT2D eigenvalue weighted by Gasteiger charge is -2.31. The molecule has 0 bridgehead atoms. The van der Waals surface area contributed by atoms with Gasteiger partial charge in [-0.25, -0.2) is 0 Å². The predicted octanol–water partition coefficient (Wildman–Crippen LogP) is 3.97. The van der Waals surface area contributed by atoms with Gasteiger partial charge in [0.25, 0.3) is 0 Å². The van der Waals surface area contributed by atoms with Gasteiger partial charge in [-0.3, -0.25) is 0 Å². The van der Waals surface area contributed by atoms with Gasteiger partial charge < -0.3 is 10.0 Å². The molecule has 1 heterocycles. The molecule has 0 radical (unpaired) electrons. The molecule has 1 N–H and O–H groups in total. The molecule has 0 aromatic heterocycles. The summed E-state index contributed by atoms with van der Waals surface area (Å²) >= 11 is 6.27. The molecule has 2 aromatic rings. The largest absolute Gasteiger partial charge is 0.393 e. The molecule has 0 spiro atoms. The van der Waals surface area contributed by atoms with Crippen molar-refractivity contribution >= 4 is 17.3 Å². The lowest BCUT2D eigenvalue weighted by atomic mass is 10.0. The lowest BCUT2D eigenvalue weighted by molar-refractivity contribution is 0.145. The van der Waals surface area contributed by atoms with Crippen molar-refractivity contribution < 1.29 is 5.11 Å². The molecule has 3 heteroatoms. The maximum Gasteiger partial charge on any atom is 0.0574 e. The third-order valence-electron chi connectivity index (χ3n) is 3.86. The minimum atomic E-state index is -0.141. The number of rotatable bonds is 2. The first kappa shape index (κ1) is 13.5. The minimum absolute atomic E-state index is 0.141. The first-order valence-corrected chi connectivity index (χ1v) is 7.40. The number of anilines is 1. The Morgan fingerprint density at radius 1 is 1.00 bits per heavy atom. The van der Waals surface area contributed by atoms with Crippen LogP contribution in [-0.4, -0.2) is 24.3 Å². The highest BCUT2D eigenvalue weighted by Crippen LogP contribution is 2.31. The molecule has 1 fully saturated rings. The Morgan fingerprint density at radius 2 is 1.75 bits per heavy atom. The average Bonchev–Trinajstić information content (AvgIpc) is 2.49. The zero-order valence-electron chi connectivity index (χ0n) is 11.3. The van der Waals surface area contributed by atoms with E-state index in [9.17, 15) is 5.11 Å². The van der Waals surface area contributed by atoms with Crippen molar-refractivity contribution in [3.63, 3.8) is 0 Å². The summed E-state index contributed by atoms with van der Waals surface area (Å²) in [4.78, 5) is 2.33. The molecule has 2 nitrogen and oxygen atoms in total. The van der Waals surface area contributed by atoms with Crippen LogP contribution in [0.25, 0.3) is 11.1 Å². The summed E-state index contributed by atoms with van der Waals surface area (Å²) in [5, 5.41) is 10.4. The zero-order valence-corrected chi connectivity index (χ0v) is 12.1. The Labute approximate surface area is 124 Å². The molecule has 1 aliphatic heterocycles. The van der Waals surface area contributed by atoms with E-state index in [-0.39, 0.29) is 6.10 Å². The number of aliphatic hydroxyl groups is 1. The van der Waals surface area contributed by atoms with E-state index >= 15 is 0 Å². The van der Waals surface area contributed by atoms with Crippen LogP contribution in [0.15, 0.2) is 48.5 Å². The van der Waals surface area contributed by atoms with Gasteiger partial charge in [0.1, 0.15) is 0 Å². The second kappa shape index (κ2) is 5.86. The van der Waals surface area contributed by atoms with Crippen molar-refractivity contribution in [1.29, 1.82) is 0 Å². The van der Waals surface area contributed by atoms with Crippen molar-refractivity contribution in [3.05, 3.63) is 53.6 Å². The second-order valence-electron chi connectivity index (χ2n) is 5.25. The normalized spacial score (nSPS) is 16.4. The Balaban J connectivity index is 1.88. The molecule has 0 unspecified atom stereocenters. The van der Waals surface area contributed by atoms with Crippen molar-refractivity contribution in [2.45, 2.75) is 18.9 Å². The van der Waals surface area contributed by atoms with Gasteiger partial charge in [-0.2, -0.15) is 0 Å². The number of halogens is 1. The van der Waals surface area contributed by atoms with E-state index in [4.69, 9.17) is 11.6 Å². The van der Waals surface area contributed by atoms with Crippen LogP contribution in [0, 0.1) is 0 Å². The molecule has 1 saturated heterocycles. The van der Waals surface area contributed by atoms with Crippen LogP contribution in [0.3, 0.4) is 0 Å². The van der Waals surface area contributed by atoms with Crippen molar-refractivity contribution in [1.82, 2.24) is 0 Å². The van der Waals surface area contributed by atoms with Crippen LogP contribution >= 0.6 is 11.6 Å². The monoisotopic (exact) mass is 287 g/mol. The van der Waals surface area contributed by atoms with Crippen molar-refractivity contribution in [2.75, 3.05) is 18.0 Å². The summed E-state index contributed by atoms with van der Waals surface area (Å²) in [5.74, 6) is 0. The molecule has 0 atom stereocenters. The lowest BCUT2D eigenvalue weighted by Crippen LogP contribution is -2.35. The summed E-state index contributed by atoms with van der Waals surface area (Å²) in [5.41, 5.74) is 3.40. The van der Waals surface area contributed by atoms with Gasteiger partial charge in [-0.15, -0.1) is 0 Å². The highest BCUT2D eigenvalue weighted by Gasteiger charge is 2.17. The molecular formula is C17H18ClNO. The van der Waals surface area contributed by atoms with Crippen molar-refractivity contribution in [2.24, 2.45) is 0 Å². The molecular weight excluding hydrogens is 270 g/mol. The Morgan fingerprint density at radius 3 is 2.50 bits per heavy atom. The average molecular weight is 288 g/mol. The molecule has 104 valence electrons. The second-order valence-corrected chi connectivity index (χ2v) is 5.66. The highest BCUT2D eigenvalue weighted by atomic mass is 35.5. The van der Waals surface area contributed by atoms with Crippen LogP contribution in [0.1, 0.15) is 12.8 Å². The van der Waals surface area contributed by atoms with Crippen LogP contribution in [0.2, 0.25) is 5.02 Å². The van der Waals surface area contributed by atoms with E-state index in [0.717, 1.165) is 42.1 Å². The van der Waals surface area contributed by atoms with E-state index in [1.807, 2.05) is 24.3 Å². The summed E-state index contributed by atoms with van der Waals surface area (Å²) in [6, 6.07) is 16.4. The number of hydrogen-bond acceptors (Lipinski definition) is 2. The van der Waals surface area contributed by atoms with E-state index in [1.54, 1.807) is 0 Å². The number of benzene rings is 2. The van der Waals surface area contributed by atoms with E-state index in [2.05, 4.69) is 29.2 Å². The van der Waals surface area contributed by atoms with Gasteiger partial charge in [0, 0.05) is 29.4 Å². The smallest absolute Gasteiger partial charge is 0.0574 e. The molecule has 0 saturated carbocycles. The minimum Gasteiger partial charge on any atom is -0.393 e. The van der Waals surface area contributed by atoms with Gasteiger partial charge in [-0.1, -0.05) is 41.9 Å². The summed E-state index contributed by atoms with van der Waals surface area (Å²) in [6.45, 7) is 1.82. The summed E-state index contributed by atoms with van der Waals surface area (Å²) in [7, 11) is 0. The van der Waals surface area contributed by atoms with Gasteiger partial charge in [0.2, 0.25) is 0 Å². The van der Waals surface area contributed by atoms with E-state index < -0.39 is 0 Å². The molecule has 2 aromatic carbocycles. The van der Waals surface area contributed by atoms with Gasteiger partial charge >= 0.3 is 0 Å². The fraction of sp³-hybridized carbons (Fsp3) is 0.294. The number of hydrogen-bond donors (Lipinski definition) is 1.